The van der Waals surface area contributed by atoms with Crippen molar-refractivity contribution in [3.63, 3.8) is 0 Å². The Kier molecular flexibility index (Phi) is 4.20. The second-order valence-electron chi connectivity index (χ2n) is 4.92. The number of nitrogens with one attached hydrogen (secondary N) is 2. The fraction of sp³-hybridized carbons (Fsp3) is 0.188. The summed E-state index contributed by atoms with van der Waals surface area (Å²) in [5, 5.41) is 5.57. The molecule has 1 aliphatic rings. The maximum atomic E-state index is 12.1. The Labute approximate surface area is 136 Å². The van der Waals surface area contributed by atoms with Gasteiger partial charge in [0.15, 0.2) is 11.5 Å². The first-order chi connectivity index (χ1) is 10.6. The number of benzene rings is 2. The summed E-state index contributed by atoms with van der Waals surface area (Å²) in [4.78, 5) is 12.1. The Balaban J connectivity index is 1.69. The number of halogens is 1. The predicted molar refractivity (Wildman–Crippen MR) is 89.0 cm³/mol. The second kappa shape index (κ2) is 6.27. The maximum Gasteiger partial charge on any atom is 0.323 e. The molecule has 5 nitrogen and oxygen atoms in total. The monoisotopic (exact) mass is 362 g/mol. The minimum Gasteiger partial charge on any atom is -0.486 e. The summed E-state index contributed by atoms with van der Waals surface area (Å²) in [5.41, 5.74) is 2.47. The molecule has 0 aliphatic carbocycles. The fourth-order valence-electron chi connectivity index (χ4n) is 2.13. The van der Waals surface area contributed by atoms with E-state index in [0.29, 0.717) is 36.1 Å². The summed E-state index contributed by atoms with van der Waals surface area (Å²) in [7, 11) is 0. The Morgan fingerprint density at radius 2 is 1.82 bits per heavy atom. The molecule has 3 rings (SSSR count). The summed E-state index contributed by atoms with van der Waals surface area (Å²) in [6.07, 6.45) is 0. The summed E-state index contributed by atoms with van der Waals surface area (Å²) in [5.74, 6) is 1.33. The third kappa shape index (κ3) is 3.33. The second-order valence-corrected chi connectivity index (χ2v) is 5.78. The van der Waals surface area contributed by atoms with Gasteiger partial charge < -0.3 is 20.1 Å². The van der Waals surface area contributed by atoms with E-state index in [1.54, 1.807) is 18.2 Å². The average Bonchev–Trinajstić information content (AvgIpc) is 2.50. The lowest BCUT2D eigenvalue weighted by atomic mass is 10.2. The van der Waals surface area contributed by atoms with Crippen molar-refractivity contribution in [1.29, 1.82) is 0 Å². The average molecular weight is 363 g/mol. The van der Waals surface area contributed by atoms with Crippen molar-refractivity contribution in [2.75, 3.05) is 23.8 Å². The molecule has 6 heteroatoms. The van der Waals surface area contributed by atoms with Gasteiger partial charge in [0.1, 0.15) is 13.2 Å². The van der Waals surface area contributed by atoms with Crippen LogP contribution >= 0.6 is 15.9 Å². The molecular weight excluding hydrogens is 348 g/mol. The van der Waals surface area contributed by atoms with Gasteiger partial charge in [-0.05, 0) is 52.7 Å². The van der Waals surface area contributed by atoms with Crippen LogP contribution < -0.4 is 20.1 Å². The molecule has 1 heterocycles. The lowest BCUT2D eigenvalue weighted by molar-refractivity contribution is 0.171. The molecular formula is C16H15BrN2O3. The number of hydrogen-bond donors (Lipinski definition) is 2. The van der Waals surface area contributed by atoms with Crippen LogP contribution in [-0.4, -0.2) is 19.2 Å². The number of anilines is 2. The quantitative estimate of drug-likeness (QED) is 0.842. The molecule has 0 aromatic heterocycles. The molecule has 0 saturated heterocycles. The van der Waals surface area contributed by atoms with Gasteiger partial charge in [-0.3, -0.25) is 0 Å². The van der Waals surface area contributed by atoms with E-state index in [2.05, 4.69) is 26.6 Å². The molecule has 0 radical (unpaired) electrons. The van der Waals surface area contributed by atoms with E-state index >= 15 is 0 Å². The number of aryl methyl sites for hydroxylation is 1. The molecule has 0 bridgehead atoms. The number of carbonyl (C=O) groups excluding carboxylic acids is 1. The third-order valence-electron chi connectivity index (χ3n) is 3.17. The largest absolute Gasteiger partial charge is 0.486 e. The highest BCUT2D eigenvalue weighted by Crippen LogP contribution is 2.32. The van der Waals surface area contributed by atoms with Crippen LogP contribution in [0.5, 0.6) is 11.5 Å². The molecule has 2 amide bonds. The van der Waals surface area contributed by atoms with Crippen molar-refractivity contribution < 1.29 is 14.3 Å². The molecule has 0 saturated carbocycles. The number of amides is 2. The van der Waals surface area contributed by atoms with E-state index < -0.39 is 0 Å². The van der Waals surface area contributed by atoms with Gasteiger partial charge in [0.2, 0.25) is 0 Å². The molecule has 22 heavy (non-hydrogen) atoms. The van der Waals surface area contributed by atoms with Crippen molar-refractivity contribution in [2.45, 2.75) is 6.92 Å². The lowest BCUT2D eigenvalue weighted by Gasteiger charge is -2.19. The van der Waals surface area contributed by atoms with Crippen LogP contribution in [0.1, 0.15) is 5.56 Å². The molecule has 114 valence electrons. The Bertz CT molecular complexity index is 719. The minimum absolute atomic E-state index is 0.318. The summed E-state index contributed by atoms with van der Waals surface area (Å²) in [6.45, 7) is 3.05. The number of rotatable bonds is 2. The van der Waals surface area contributed by atoms with E-state index in [-0.39, 0.29) is 6.03 Å². The van der Waals surface area contributed by atoms with Crippen LogP contribution in [0.3, 0.4) is 0 Å². The molecule has 0 spiro atoms. The van der Waals surface area contributed by atoms with Gasteiger partial charge in [-0.1, -0.05) is 6.07 Å². The Morgan fingerprint density at radius 1 is 1.05 bits per heavy atom. The van der Waals surface area contributed by atoms with E-state index in [1.807, 2.05) is 25.1 Å². The van der Waals surface area contributed by atoms with Crippen LogP contribution in [0.15, 0.2) is 40.9 Å². The number of fused-ring (bicyclic) bond motifs is 1. The Morgan fingerprint density at radius 3 is 2.59 bits per heavy atom. The van der Waals surface area contributed by atoms with Crippen LogP contribution in [-0.2, 0) is 0 Å². The van der Waals surface area contributed by atoms with Crippen molar-refractivity contribution in [1.82, 2.24) is 0 Å². The first-order valence-corrected chi connectivity index (χ1v) is 7.65. The third-order valence-corrected chi connectivity index (χ3v) is 3.83. The first kappa shape index (κ1) is 14.7. The molecule has 0 fully saturated rings. The number of ether oxygens (including phenoxy) is 2. The van der Waals surface area contributed by atoms with Crippen molar-refractivity contribution in [2.24, 2.45) is 0 Å². The topological polar surface area (TPSA) is 59.6 Å². The Hall–Kier alpha value is -2.21. The predicted octanol–water partition coefficient (Wildman–Crippen LogP) is 4.17. The molecule has 2 aromatic carbocycles. The summed E-state index contributed by atoms with van der Waals surface area (Å²) >= 11 is 3.43. The number of hydrogen-bond acceptors (Lipinski definition) is 3. The number of urea groups is 1. The van der Waals surface area contributed by atoms with Gasteiger partial charge in [0.25, 0.3) is 0 Å². The molecule has 0 unspecified atom stereocenters. The van der Waals surface area contributed by atoms with E-state index in [4.69, 9.17) is 9.47 Å². The highest BCUT2D eigenvalue weighted by Gasteiger charge is 2.13. The fourth-order valence-corrected chi connectivity index (χ4v) is 2.72. The maximum absolute atomic E-state index is 12.1. The standard InChI is InChI=1S/C16H15BrN2O3/c1-10-2-4-13(12(17)8-10)19-16(20)18-11-3-5-14-15(9-11)22-7-6-21-14/h2-5,8-9H,6-7H2,1H3,(H2,18,19,20). The highest BCUT2D eigenvalue weighted by atomic mass is 79.9. The van der Waals surface area contributed by atoms with Crippen LogP contribution in [0.25, 0.3) is 0 Å². The van der Waals surface area contributed by atoms with Crippen LogP contribution in [0, 0.1) is 6.92 Å². The first-order valence-electron chi connectivity index (χ1n) is 6.85. The van der Waals surface area contributed by atoms with Gasteiger partial charge in [-0.15, -0.1) is 0 Å². The summed E-state index contributed by atoms with van der Waals surface area (Å²) < 4.78 is 11.8. The molecule has 0 atom stereocenters. The van der Waals surface area contributed by atoms with Crippen molar-refractivity contribution in [3.05, 3.63) is 46.4 Å². The van der Waals surface area contributed by atoms with Gasteiger partial charge in [0.05, 0.1) is 5.69 Å². The lowest BCUT2D eigenvalue weighted by Crippen LogP contribution is -2.20. The SMILES string of the molecule is Cc1ccc(NC(=O)Nc2ccc3c(c2)OCCO3)c(Br)c1. The van der Waals surface area contributed by atoms with Crippen LogP contribution in [0.4, 0.5) is 16.2 Å². The van der Waals surface area contributed by atoms with Crippen molar-refractivity contribution >= 4 is 33.3 Å². The van der Waals surface area contributed by atoms with Crippen molar-refractivity contribution in [3.8, 4) is 11.5 Å². The van der Waals surface area contributed by atoms with Gasteiger partial charge in [-0.25, -0.2) is 4.79 Å². The normalized spacial score (nSPS) is 12.6. The number of carbonyl (C=O) groups is 1. The molecule has 2 aromatic rings. The van der Waals surface area contributed by atoms with E-state index in [0.717, 1.165) is 10.0 Å². The van der Waals surface area contributed by atoms with E-state index in [1.165, 1.54) is 0 Å². The zero-order valence-electron chi connectivity index (χ0n) is 12.0. The molecule has 2 N–H and O–H groups in total. The minimum atomic E-state index is -0.318. The van der Waals surface area contributed by atoms with E-state index in [9.17, 15) is 4.79 Å². The highest BCUT2D eigenvalue weighted by molar-refractivity contribution is 9.10. The van der Waals surface area contributed by atoms with Gasteiger partial charge >= 0.3 is 6.03 Å². The van der Waals surface area contributed by atoms with Gasteiger partial charge in [0, 0.05) is 16.2 Å². The summed E-state index contributed by atoms with van der Waals surface area (Å²) in [6, 6.07) is 10.7. The van der Waals surface area contributed by atoms with Crippen LogP contribution in [0.2, 0.25) is 0 Å². The van der Waals surface area contributed by atoms with Gasteiger partial charge in [-0.2, -0.15) is 0 Å². The zero-order valence-corrected chi connectivity index (χ0v) is 13.6. The zero-order chi connectivity index (χ0) is 15.5. The smallest absolute Gasteiger partial charge is 0.323 e. The molecule has 1 aliphatic heterocycles.